The maximum atomic E-state index is 15.5. The van der Waals surface area contributed by atoms with Gasteiger partial charge in [0.05, 0.1) is 28.0 Å². The van der Waals surface area contributed by atoms with Crippen LogP contribution >= 0.6 is 0 Å². The molecule has 260 valence electrons. The number of rotatable bonds is 3. The normalized spacial score (nSPS) is 12.1. The third-order valence-corrected chi connectivity index (χ3v) is 8.56. The van der Waals surface area contributed by atoms with Crippen LogP contribution in [0.3, 0.4) is 0 Å². The Labute approximate surface area is 282 Å². The van der Waals surface area contributed by atoms with Gasteiger partial charge in [0.1, 0.15) is 5.82 Å². The Hall–Kier alpha value is -6.38. The van der Waals surface area contributed by atoms with Crippen molar-refractivity contribution in [2.75, 3.05) is 0 Å². The number of hydrogen-bond donors (Lipinski definition) is 3. The lowest BCUT2D eigenvalue weighted by Crippen LogP contribution is -2.00. The average molecular weight is 725 g/mol. The van der Waals surface area contributed by atoms with E-state index in [9.17, 15) is 26.3 Å². The first-order chi connectivity index (χ1) is 24.8. The van der Waals surface area contributed by atoms with Crippen LogP contribution in [0, 0.1) is 64.0 Å². The maximum Gasteiger partial charge on any atom is 0.169 e. The predicted molar refractivity (Wildman–Crippen MR) is 171 cm³/mol. The van der Waals surface area contributed by atoms with Gasteiger partial charge in [0.2, 0.25) is 0 Å². The summed E-state index contributed by atoms with van der Waals surface area (Å²) >= 11 is 0. The van der Waals surface area contributed by atoms with Crippen molar-refractivity contribution in [2.45, 2.75) is 0 Å². The second-order valence-corrected chi connectivity index (χ2v) is 11.6. The highest BCUT2D eigenvalue weighted by molar-refractivity contribution is 6.00. The Bertz CT molecular complexity index is 2780. The summed E-state index contributed by atoms with van der Waals surface area (Å²) in [6.07, 6.45) is 2.55. The van der Waals surface area contributed by atoms with Crippen molar-refractivity contribution < 1.29 is 48.3 Å². The first-order valence-corrected chi connectivity index (χ1v) is 15.0. The third-order valence-electron chi connectivity index (χ3n) is 8.56. The van der Waals surface area contributed by atoms with Crippen molar-refractivity contribution in [3.8, 4) is 33.4 Å². The summed E-state index contributed by atoms with van der Waals surface area (Å²) in [7, 11) is 0. The van der Waals surface area contributed by atoms with Crippen LogP contribution in [0.25, 0.3) is 78.6 Å². The molecule has 0 fully saturated rings. The molecule has 4 aromatic heterocycles. The van der Waals surface area contributed by atoms with Gasteiger partial charge in [-0.05, 0) is 54.6 Å². The van der Waals surface area contributed by atoms with Gasteiger partial charge in [0.15, 0.2) is 58.2 Å². The van der Waals surface area contributed by atoms with Gasteiger partial charge in [0.25, 0.3) is 0 Å². The molecule has 0 unspecified atom stereocenters. The maximum absolute atomic E-state index is 15.5. The zero-order chi connectivity index (χ0) is 36.7. The van der Waals surface area contributed by atoms with E-state index in [0.29, 0.717) is 6.07 Å². The molecule has 3 aromatic carbocycles. The van der Waals surface area contributed by atoms with E-state index in [1.807, 2.05) is 0 Å². The molecule has 0 aliphatic carbocycles. The van der Waals surface area contributed by atoms with Crippen molar-refractivity contribution in [3.05, 3.63) is 136 Å². The highest BCUT2D eigenvalue weighted by Crippen LogP contribution is 2.40. The molecule has 8 bridgehead atoms. The lowest BCUT2D eigenvalue weighted by Gasteiger charge is -2.09. The number of nitrogens with zero attached hydrogens (tertiary/aromatic N) is 1. The van der Waals surface area contributed by atoms with E-state index in [1.165, 1.54) is 48.6 Å². The minimum Gasteiger partial charge on any atom is -0.354 e. The van der Waals surface area contributed by atoms with Gasteiger partial charge < -0.3 is 15.0 Å². The molecular formula is C37H15F11N4. The first kappa shape index (κ1) is 32.8. The van der Waals surface area contributed by atoms with Crippen LogP contribution in [0.4, 0.5) is 48.3 Å². The SMILES string of the molecule is Fc1cc(F)c(F)c(-c2c3ccc([nH]3)c(-c3c(F)c(F)cc(F)c3F)c3nc(c4ccc([nH]4)c(-c4c(F)c(F)cc(F)c4F)c4ccc2[nH]4)C=C3)c1. The largest absolute Gasteiger partial charge is 0.354 e. The van der Waals surface area contributed by atoms with Gasteiger partial charge >= 0.3 is 0 Å². The average Bonchev–Trinajstić information content (AvgIpc) is 3.93. The number of nitrogens with one attached hydrogen (secondary N) is 3. The van der Waals surface area contributed by atoms with Crippen molar-refractivity contribution in [2.24, 2.45) is 0 Å². The molecule has 3 N–H and O–H groups in total. The number of H-pyrrole nitrogens is 3. The molecule has 0 saturated carbocycles. The lowest BCUT2D eigenvalue weighted by molar-refractivity contribution is 0.458. The Morgan fingerprint density at radius 2 is 0.731 bits per heavy atom. The quantitative estimate of drug-likeness (QED) is 0.123. The summed E-state index contributed by atoms with van der Waals surface area (Å²) < 4.78 is 165. The standard InChI is InChI=1S/C37H15F11N4/c38-13-9-14(33(44)15(39)10-13)28-22-5-7-26(51-22)29(31-34(45)16(40)11-17(41)35(31)46)24-3-1-20(49-24)21-2-4-25(50-21)30(27-8-6-23(28)52-27)32-36(47)18(42)12-19(43)37(32)48/h1-12,49,51-52H. The predicted octanol–water partition coefficient (Wildman–Crippen LogP) is 11.2. The number of hydrogen-bond acceptors (Lipinski definition) is 1. The topological polar surface area (TPSA) is 60.3 Å². The molecule has 4 nitrogen and oxygen atoms in total. The minimum absolute atomic E-state index is 0.00589. The smallest absolute Gasteiger partial charge is 0.169 e. The van der Waals surface area contributed by atoms with Gasteiger partial charge in [0, 0.05) is 68.0 Å². The molecule has 0 atom stereocenters. The summed E-state index contributed by atoms with van der Waals surface area (Å²) in [4.78, 5) is 12.7. The summed E-state index contributed by atoms with van der Waals surface area (Å²) in [6.45, 7) is 0. The summed E-state index contributed by atoms with van der Waals surface area (Å²) in [5.41, 5.74) is -5.67. The fraction of sp³-hybridized carbons (Fsp3) is 0. The molecule has 0 spiro atoms. The number of aromatic amines is 3. The van der Waals surface area contributed by atoms with Crippen LogP contribution in [-0.4, -0.2) is 19.9 Å². The molecule has 0 amide bonds. The fourth-order valence-electron chi connectivity index (χ4n) is 6.29. The number of benzene rings is 3. The van der Waals surface area contributed by atoms with E-state index in [0.717, 1.165) is 0 Å². The second kappa shape index (κ2) is 11.9. The van der Waals surface area contributed by atoms with E-state index in [-0.39, 0.29) is 68.3 Å². The van der Waals surface area contributed by atoms with Crippen LogP contribution in [0.1, 0.15) is 11.4 Å². The van der Waals surface area contributed by atoms with Crippen LogP contribution < -0.4 is 0 Å². The Balaban J connectivity index is 1.63. The molecule has 52 heavy (non-hydrogen) atoms. The van der Waals surface area contributed by atoms with Gasteiger partial charge in [-0.15, -0.1) is 0 Å². The molecule has 1 aliphatic heterocycles. The van der Waals surface area contributed by atoms with Crippen LogP contribution in [0.5, 0.6) is 0 Å². The molecule has 1 aliphatic rings. The molecular weight excluding hydrogens is 709 g/mol. The van der Waals surface area contributed by atoms with Crippen molar-refractivity contribution in [3.63, 3.8) is 0 Å². The minimum atomic E-state index is -1.79. The van der Waals surface area contributed by atoms with Crippen molar-refractivity contribution >= 4 is 45.3 Å². The number of fused-ring (bicyclic) bond motifs is 9. The van der Waals surface area contributed by atoms with Gasteiger partial charge in [-0.3, -0.25) is 0 Å². The molecule has 15 heteroatoms. The molecule has 8 rings (SSSR count). The monoisotopic (exact) mass is 724 g/mol. The fourth-order valence-corrected chi connectivity index (χ4v) is 6.29. The lowest BCUT2D eigenvalue weighted by atomic mass is 10.0. The van der Waals surface area contributed by atoms with E-state index < -0.39 is 91.8 Å². The number of halogens is 11. The van der Waals surface area contributed by atoms with E-state index in [4.69, 9.17) is 0 Å². The Morgan fingerprint density at radius 3 is 1.25 bits per heavy atom. The van der Waals surface area contributed by atoms with E-state index in [2.05, 4.69) is 19.9 Å². The van der Waals surface area contributed by atoms with E-state index >= 15 is 22.0 Å². The van der Waals surface area contributed by atoms with Crippen molar-refractivity contribution in [1.82, 2.24) is 19.9 Å². The van der Waals surface area contributed by atoms with Crippen LogP contribution in [0.15, 0.2) is 60.7 Å². The number of aromatic nitrogens is 4. The van der Waals surface area contributed by atoms with Crippen molar-refractivity contribution in [1.29, 1.82) is 0 Å². The molecule has 0 radical (unpaired) electrons. The van der Waals surface area contributed by atoms with Crippen LogP contribution in [0.2, 0.25) is 0 Å². The first-order valence-electron chi connectivity index (χ1n) is 15.0. The van der Waals surface area contributed by atoms with Gasteiger partial charge in [-0.25, -0.2) is 53.3 Å². The van der Waals surface area contributed by atoms with E-state index in [1.54, 1.807) is 0 Å². The summed E-state index contributed by atoms with van der Waals surface area (Å²) in [5, 5.41) is 0. The van der Waals surface area contributed by atoms with Crippen LogP contribution in [-0.2, 0) is 0 Å². The zero-order valence-electron chi connectivity index (χ0n) is 25.5. The third kappa shape index (κ3) is 5.02. The molecule has 7 aromatic rings. The zero-order valence-corrected chi connectivity index (χ0v) is 25.5. The van der Waals surface area contributed by atoms with Gasteiger partial charge in [-0.1, -0.05) is 0 Å². The molecule has 5 heterocycles. The highest BCUT2D eigenvalue weighted by atomic mass is 19.2. The summed E-state index contributed by atoms with van der Waals surface area (Å²) in [6, 6.07) is 8.26. The highest BCUT2D eigenvalue weighted by Gasteiger charge is 2.27. The Kier molecular flexibility index (Phi) is 7.48. The summed E-state index contributed by atoms with van der Waals surface area (Å²) in [5.74, 6) is -18.5. The van der Waals surface area contributed by atoms with Gasteiger partial charge in [-0.2, -0.15) is 0 Å². The Morgan fingerprint density at radius 1 is 0.346 bits per heavy atom. The second-order valence-electron chi connectivity index (χ2n) is 11.6. The molecule has 0 saturated heterocycles.